The lowest BCUT2D eigenvalue weighted by atomic mass is 10.2. The van der Waals surface area contributed by atoms with Crippen LogP contribution >= 0.6 is 23.2 Å². The van der Waals surface area contributed by atoms with Gasteiger partial charge in [-0.25, -0.2) is 8.42 Å². The van der Waals surface area contributed by atoms with E-state index in [1.54, 1.807) is 24.3 Å². The van der Waals surface area contributed by atoms with Crippen molar-refractivity contribution >= 4 is 50.5 Å². The van der Waals surface area contributed by atoms with E-state index in [0.717, 1.165) is 10.6 Å². The summed E-state index contributed by atoms with van der Waals surface area (Å²) in [6, 6.07) is 10.1. The van der Waals surface area contributed by atoms with Crippen molar-refractivity contribution in [3.05, 3.63) is 52.5 Å². The van der Waals surface area contributed by atoms with Gasteiger partial charge in [-0.3, -0.25) is 9.10 Å². The van der Waals surface area contributed by atoms with Crippen molar-refractivity contribution in [2.45, 2.75) is 19.9 Å². The maximum Gasteiger partial charge on any atom is 0.247 e. The molecule has 0 aliphatic rings. The van der Waals surface area contributed by atoms with Crippen LogP contribution in [0.25, 0.3) is 0 Å². The molecule has 6 nitrogen and oxygen atoms in total. The number of carbonyl (C=O) groups is 1. The third-order valence-corrected chi connectivity index (χ3v) is 5.30. The predicted octanol–water partition coefficient (Wildman–Crippen LogP) is 4.19. The third-order valence-electron chi connectivity index (χ3n) is 3.62. The summed E-state index contributed by atoms with van der Waals surface area (Å²) in [7, 11) is -3.77. The number of sulfonamides is 1. The van der Waals surface area contributed by atoms with Gasteiger partial charge in [0.25, 0.3) is 0 Å². The second-order valence-corrected chi connectivity index (χ2v) is 8.54. The zero-order valence-corrected chi connectivity index (χ0v) is 17.4. The molecule has 1 unspecified atom stereocenters. The molecule has 2 rings (SSSR count). The van der Waals surface area contributed by atoms with Gasteiger partial charge in [0.15, 0.2) is 0 Å². The largest absolute Gasteiger partial charge is 0.494 e. The molecule has 0 aliphatic carbocycles. The smallest absolute Gasteiger partial charge is 0.247 e. The van der Waals surface area contributed by atoms with Crippen LogP contribution in [0.15, 0.2) is 42.5 Å². The van der Waals surface area contributed by atoms with Crippen LogP contribution in [0, 0.1) is 0 Å². The summed E-state index contributed by atoms with van der Waals surface area (Å²) in [4.78, 5) is 12.6. The van der Waals surface area contributed by atoms with E-state index in [9.17, 15) is 13.2 Å². The molecule has 1 atom stereocenters. The SMILES string of the molecule is CCOc1ccc(NC(=O)C(C)N(c2cc(Cl)cc(Cl)c2)S(C)(=O)=O)cc1. The number of hydrogen-bond donors (Lipinski definition) is 1. The molecule has 0 saturated carbocycles. The zero-order valence-electron chi connectivity index (χ0n) is 15.1. The lowest BCUT2D eigenvalue weighted by Crippen LogP contribution is -2.45. The fourth-order valence-electron chi connectivity index (χ4n) is 2.52. The summed E-state index contributed by atoms with van der Waals surface area (Å²) in [5.41, 5.74) is 0.734. The van der Waals surface area contributed by atoms with Gasteiger partial charge in [-0.05, 0) is 56.3 Å². The summed E-state index contributed by atoms with van der Waals surface area (Å²) >= 11 is 12.0. The minimum absolute atomic E-state index is 0.212. The van der Waals surface area contributed by atoms with Gasteiger partial charge in [-0.15, -0.1) is 0 Å². The molecule has 0 aliphatic heterocycles. The average Bonchev–Trinajstić information content (AvgIpc) is 2.54. The first-order valence-corrected chi connectivity index (χ1v) is 10.7. The normalized spacial score (nSPS) is 12.3. The van der Waals surface area contributed by atoms with Gasteiger partial charge in [-0.2, -0.15) is 0 Å². The first-order valence-electron chi connectivity index (χ1n) is 8.11. The molecule has 0 heterocycles. The number of nitrogens with one attached hydrogen (secondary N) is 1. The number of halogens is 2. The lowest BCUT2D eigenvalue weighted by Gasteiger charge is -2.28. The Hall–Kier alpha value is -1.96. The van der Waals surface area contributed by atoms with Crippen LogP contribution in [0.1, 0.15) is 13.8 Å². The number of rotatable bonds is 7. The van der Waals surface area contributed by atoms with Crippen molar-refractivity contribution < 1.29 is 17.9 Å². The maximum absolute atomic E-state index is 12.6. The molecule has 1 amide bonds. The number of benzene rings is 2. The molecule has 0 spiro atoms. The molecule has 0 aromatic heterocycles. The molecule has 2 aromatic carbocycles. The summed E-state index contributed by atoms with van der Waals surface area (Å²) in [6.45, 7) is 3.90. The molecular formula is C18H20Cl2N2O4S. The van der Waals surface area contributed by atoms with E-state index in [0.29, 0.717) is 18.0 Å². The molecule has 2 aromatic rings. The van der Waals surface area contributed by atoms with Gasteiger partial charge < -0.3 is 10.1 Å². The third kappa shape index (κ3) is 5.76. The Morgan fingerprint density at radius 2 is 1.70 bits per heavy atom. The average molecular weight is 431 g/mol. The quantitative estimate of drug-likeness (QED) is 0.714. The zero-order chi connectivity index (χ0) is 20.2. The first kappa shape index (κ1) is 21.3. The minimum Gasteiger partial charge on any atom is -0.494 e. The highest BCUT2D eigenvalue weighted by atomic mass is 35.5. The Morgan fingerprint density at radius 1 is 1.15 bits per heavy atom. The first-order chi connectivity index (χ1) is 12.6. The monoisotopic (exact) mass is 430 g/mol. The summed E-state index contributed by atoms with van der Waals surface area (Å²) < 4.78 is 31.0. The van der Waals surface area contributed by atoms with Crippen molar-refractivity contribution in [2.75, 3.05) is 22.5 Å². The van der Waals surface area contributed by atoms with Gasteiger partial charge in [0, 0.05) is 15.7 Å². The van der Waals surface area contributed by atoms with Crippen LogP contribution in [0.2, 0.25) is 10.0 Å². The van der Waals surface area contributed by atoms with Gasteiger partial charge in [0.1, 0.15) is 11.8 Å². The highest BCUT2D eigenvalue weighted by Crippen LogP contribution is 2.29. The maximum atomic E-state index is 12.6. The summed E-state index contributed by atoms with van der Waals surface area (Å²) in [5.74, 6) is 0.176. The Morgan fingerprint density at radius 3 is 2.19 bits per heavy atom. The number of amides is 1. The number of anilines is 2. The van der Waals surface area contributed by atoms with E-state index in [1.807, 2.05) is 6.92 Å². The minimum atomic E-state index is -3.77. The second-order valence-electron chi connectivity index (χ2n) is 5.81. The fourth-order valence-corrected chi connectivity index (χ4v) is 4.20. The van der Waals surface area contributed by atoms with Crippen molar-refractivity contribution in [2.24, 2.45) is 0 Å². The fraction of sp³-hybridized carbons (Fsp3) is 0.278. The standard InChI is InChI=1S/C18H20Cl2N2O4S/c1-4-26-17-7-5-15(6-8-17)21-18(23)12(2)22(27(3,24)25)16-10-13(19)9-14(20)11-16/h5-12H,4H2,1-3H3,(H,21,23). The molecule has 27 heavy (non-hydrogen) atoms. The highest BCUT2D eigenvalue weighted by molar-refractivity contribution is 7.92. The van der Waals surface area contributed by atoms with Crippen molar-refractivity contribution in [3.63, 3.8) is 0 Å². The van der Waals surface area contributed by atoms with Crippen LogP contribution in [0.3, 0.4) is 0 Å². The Kier molecular flexibility index (Phi) is 6.97. The van der Waals surface area contributed by atoms with E-state index in [2.05, 4.69) is 5.32 Å². The van der Waals surface area contributed by atoms with Gasteiger partial charge in [-0.1, -0.05) is 23.2 Å². The van der Waals surface area contributed by atoms with Gasteiger partial charge in [0.2, 0.25) is 15.9 Å². The number of nitrogens with zero attached hydrogens (tertiary/aromatic N) is 1. The molecule has 146 valence electrons. The second kappa shape index (κ2) is 8.82. The Bertz CT molecular complexity index is 897. The summed E-state index contributed by atoms with van der Waals surface area (Å²) in [5, 5.41) is 3.23. The number of hydrogen-bond acceptors (Lipinski definition) is 4. The van der Waals surface area contributed by atoms with Crippen LogP contribution in [-0.4, -0.2) is 33.2 Å². The molecule has 0 bridgehead atoms. The van der Waals surface area contributed by atoms with Gasteiger partial charge in [0.05, 0.1) is 18.6 Å². The topological polar surface area (TPSA) is 75.7 Å². The van der Waals surface area contributed by atoms with E-state index >= 15 is 0 Å². The van der Waals surface area contributed by atoms with Crippen molar-refractivity contribution in [3.8, 4) is 5.75 Å². The Labute approximate surface area is 169 Å². The molecule has 0 fully saturated rings. The van der Waals surface area contributed by atoms with Crippen LogP contribution < -0.4 is 14.4 Å². The van der Waals surface area contributed by atoms with E-state index in [1.165, 1.54) is 25.1 Å². The van der Waals surface area contributed by atoms with Gasteiger partial charge >= 0.3 is 0 Å². The van der Waals surface area contributed by atoms with Crippen LogP contribution in [-0.2, 0) is 14.8 Å². The van der Waals surface area contributed by atoms with E-state index in [4.69, 9.17) is 27.9 Å². The summed E-state index contributed by atoms with van der Waals surface area (Å²) in [6.07, 6.45) is 1.02. The van der Waals surface area contributed by atoms with Crippen molar-refractivity contribution in [1.29, 1.82) is 0 Å². The molecule has 0 saturated heterocycles. The Balaban J connectivity index is 2.26. The van der Waals surface area contributed by atoms with E-state index in [-0.39, 0.29) is 15.7 Å². The number of carbonyl (C=O) groups excluding carboxylic acids is 1. The van der Waals surface area contributed by atoms with Crippen LogP contribution in [0.5, 0.6) is 5.75 Å². The molecule has 1 N–H and O–H groups in total. The van der Waals surface area contributed by atoms with Crippen LogP contribution in [0.4, 0.5) is 11.4 Å². The highest BCUT2D eigenvalue weighted by Gasteiger charge is 2.29. The van der Waals surface area contributed by atoms with E-state index < -0.39 is 22.0 Å². The van der Waals surface area contributed by atoms with Crippen molar-refractivity contribution in [1.82, 2.24) is 0 Å². The molecule has 9 heteroatoms. The lowest BCUT2D eigenvalue weighted by molar-refractivity contribution is -0.116. The number of ether oxygens (including phenoxy) is 1. The molecule has 0 radical (unpaired) electrons. The molecular weight excluding hydrogens is 411 g/mol. The predicted molar refractivity (Wildman–Crippen MR) is 109 cm³/mol.